The van der Waals surface area contributed by atoms with Crippen molar-refractivity contribution in [3.05, 3.63) is 0 Å². The molecule has 0 saturated carbocycles. The Balaban J connectivity index is 1.87. The molecule has 0 aliphatic carbocycles. The lowest BCUT2D eigenvalue weighted by molar-refractivity contribution is -0.161. The maximum Gasteiger partial charge on any atom is 0.255 e. The van der Waals surface area contributed by atoms with Crippen LogP contribution in [0.5, 0.6) is 0 Å². The van der Waals surface area contributed by atoms with E-state index in [2.05, 4.69) is 24.1 Å². The largest absolute Gasteiger partial charge is 0.368 e. The van der Waals surface area contributed by atoms with Crippen LogP contribution in [0.25, 0.3) is 0 Å². The predicted octanol–water partition coefficient (Wildman–Crippen LogP) is -0.232. The summed E-state index contributed by atoms with van der Waals surface area (Å²) < 4.78 is 5.63. The van der Waals surface area contributed by atoms with E-state index in [0.29, 0.717) is 45.6 Å². The van der Waals surface area contributed by atoms with Gasteiger partial charge in [-0.25, -0.2) is 0 Å². The van der Waals surface area contributed by atoms with E-state index in [1.165, 1.54) is 0 Å². The second-order valence-electron chi connectivity index (χ2n) is 6.58. The Morgan fingerprint density at radius 3 is 2.08 bits per heavy atom. The second-order valence-corrected chi connectivity index (χ2v) is 6.58. The number of hydrogen-bond donors (Lipinski definition) is 1. The predicted molar refractivity (Wildman–Crippen MR) is 92.8 cm³/mol. The van der Waals surface area contributed by atoms with Gasteiger partial charge in [0.15, 0.2) is 0 Å². The fourth-order valence-corrected chi connectivity index (χ4v) is 3.52. The Kier molecular flexibility index (Phi) is 7.01. The monoisotopic (exact) mass is 340 g/mol. The summed E-state index contributed by atoms with van der Waals surface area (Å²) in [6.07, 6.45) is 1.42. The Hall–Kier alpha value is -1.18. The van der Waals surface area contributed by atoms with Crippen molar-refractivity contribution in [3.8, 4) is 0 Å². The van der Waals surface area contributed by atoms with Crippen LogP contribution in [0.4, 0.5) is 0 Å². The van der Waals surface area contributed by atoms with Gasteiger partial charge in [-0.15, -0.1) is 0 Å². The molecule has 7 heteroatoms. The third kappa shape index (κ3) is 4.26. The molecule has 2 aliphatic heterocycles. The smallest absolute Gasteiger partial charge is 0.255 e. The van der Waals surface area contributed by atoms with Crippen LogP contribution in [0, 0.1) is 0 Å². The highest BCUT2D eigenvalue weighted by Crippen LogP contribution is 2.25. The molecule has 0 aromatic rings. The van der Waals surface area contributed by atoms with Crippen LogP contribution in [0.2, 0.25) is 0 Å². The summed E-state index contributed by atoms with van der Waals surface area (Å²) in [7, 11) is 1.63. The van der Waals surface area contributed by atoms with Crippen molar-refractivity contribution < 1.29 is 14.3 Å². The Bertz CT molecular complexity index is 426. The minimum absolute atomic E-state index is 0.0855. The van der Waals surface area contributed by atoms with Crippen LogP contribution in [-0.2, 0) is 14.3 Å². The second kappa shape index (κ2) is 8.78. The topological polar surface area (TPSA) is 65.1 Å². The van der Waals surface area contributed by atoms with Crippen molar-refractivity contribution in [2.75, 3.05) is 66.0 Å². The number of hydrogen-bond acceptors (Lipinski definition) is 5. The minimum Gasteiger partial charge on any atom is -0.368 e. The molecule has 1 N–H and O–H groups in total. The molecule has 7 nitrogen and oxygen atoms in total. The van der Waals surface area contributed by atoms with Gasteiger partial charge in [-0.1, -0.05) is 13.8 Å². The van der Waals surface area contributed by atoms with Gasteiger partial charge >= 0.3 is 0 Å². The molecule has 0 spiro atoms. The number of rotatable bonds is 6. The summed E-state index contributed by atoms with van der Waals surface area (Å²) in [4.78, 5) is 31.2. The molecular formula is C17H32N4O3. The molecule has 0 unspecified atom stereocenters. The number of methoxy groups -OCH3 is 1. The first-order valence-electron chi connectivity index (χ1n) is 9.11. The van der Waals surface area contributed by atoms with Gasteiger partial charge in [-0.2, -0.15) is 0 Å². The number of likely N-dealkylation sites (N-methyl/N-ethyl adjacent to an activating group) is 1. The number of nitrogens with zero attached hydrogens (tertiary/aromatic N) is 3. The van der Waals surface area contributed by atoms with E-state index in [-0.39, 0.29) is 11.8 Å². The molecular weight excluding hydrogens is 308 g/mol. The molecule has 2 heterocycles. The van der Waals surface area contributed by atoms with Crippen molar-refractivity contribution in [1.29, 1.82) is 0 Å². The van der Waals surface area contributed by atoms with E-state index in [0.717, 1.165) is 26.2 Å². The Morgan fingerprint density at radius 2 is 1.58 bits per heavy atom. The van der Waals surface area contributed by atoms with E-state index in [1.807, 2.05) is 9.80 Å². The minimum atomic E-state index is -0.682. The van der Waals surface area contributed by atoms with Gasteiger partial charge in [0.05, 0.1) is 6.54 Å². The standard InChI is InChI=1S/C17H32N4O3/c1-4-19(5-2)14-15(22)20-10-12-21(13-11-20)16(23)17(24-3)6-8-18-9-7-17/h18H,4-14H2,1-3H3. The first kappa shape index (κ1) is 19.1. The van der Waals surface area contributed by atoms with Gasteiger partial charge in [-0.05, 0) is 39.0 Å². The quantitative estimate of drug-likeness (QED) is 0.723. The Labute approximate surface area is 145 Å². The number of ether oxygens (including phenoxy) is 1. The highest BCUT2D eigenvalue weighted by atomic mass is 16.5. The summed E-state index contributed by atoms with van der Waals surface area (Å²) in [5.74, 6) is 0.247. The number of carbonyl (C=O) groups excluding carboxylic acids is 2. The summed E-state index contributed by atoms with van der Waals surface area (Å²) >= 11 is 0. The molecule has 2 amide bonds. The van der Waals surface area contributed by atoms with Crippen LogP contribution >= 0.6 is 0 Å². The van der Waals surface area contributed by atoms with Crippen molar-refractivity contribution in [2.24, 2.45) is 0 Å². The Morgan fingerprint density at radius 1 is 1.04 bits per heavy atom. The van der Waals surface area contributed by atoms with E-state index in [4.69, 9.17) is 4.74 Å². The highest BCUT2D eigenvalue weighted by molar-refractivity contribution is 5.86. The zero-order valence-corrected chi connectivity index (χ0v) is 15.3. The molecule has 2 rings (SSSR count). The van der Waals surface area contributed by atoms with E-state index >= 15 is 0 Å². The normalized spacial score (nSPS) is 21.2. The van der Waals surface area contributed by atoms with Crippen molar-refractivity contribution in [3.63, 3.8) is 0 Å². The van der Waals surface area contributed by atoms with Crippen LogP contribution in [-0.4, -0.2) is 98.1 Å². The maximum absolute atomic E-state index is 12.9. The van der Waals surface area contributed by atoms with Crippen molar-refractivity contribution in [1.82, 2.24) is 20.0 Å². The molecule has 2 saturated heterocycles. The first-order chi connectivity index (χ1) is 11.6. The average Bonchev–Trinajstić information content (AvgIpc) is 2.65. The van der Waals surface area contributed by atoms with Gasteiger partial charge in [-0.3, -0.25) is 14.5 Å². The number of carbonyl (C=O) groups is 2. The lowest BCUT2D eigenvalue weighted by atomic mass is 9.90. The number of nitrogens with one attached hydrogen (secondary N) is 1. The summed E-state index contributed by atoms with van der Waals surface area (Å²) in [5, 5.41) is 3.27. The fourth-order valence-electron chi connectivity index (χ4n) is 3.52. The fraction of sp³-hybridized carbons (Fsp3) is 0.882. The van der Waals surface area contributed by atoms with Crippen LogP contribution in [0.3, 0.4) is 0 Å². The molecule has 2 aliphatic rings. The molecule has 24 heavy (non-hydrogen) atoms. The molecule has 2 fully saturated rings. The van der Waals surface area contributed by atoms with Crippen molar-refractivity contribution >= 4 is 11.8 Å². The highest BCUT2D eigenvalue weighted by Gasteiger charge is 2.43. The van der Waals surface area contributed by atoms with Gasteiger partial charge in [0.1, 0.15) is 5.60 Å². The number of amides is 2. The summed E-state index contributed by atoms with van der Waals surface area (Å²) in [6.45, 7) is 10.4. The zero-order valence-electron chi connectivity index (χ0n) is 15.3. The molecule has 0 radical (unpaired) electrons. The maximum atomic E-state index is 12.9. The molecule has 0 aromatic carbocycles. The molecule has 0 aromatic heterocycles. The van der Waals surface area contributed by atoms with E-state index in [9.17, 15) is 9.59 Å². The molecule has 138 valence electrons. The first-order valence-corrected chi connectivity index (χ1v) is 9.11. The summed E-state index contributed by atoms with van der Waals surface area (Å²) in [5.41, 5.74) is -0.682. The number of piperidine rings is 1. The van der Waals surface area contributed by atoms with Crippen LogP contribution < -0.4 is 5.32 Å². The lowest BCUT2D eigenvalue weighted by Gasteiger charge is -2.42. The zero-order chi connectivity index (χ0) is 17.6. The van der Waals surface area contributed by atoms with Gasteiger partial charge in [0.2, 0.25) is 5.91 Å². The molecule has 0 bridgehead atoms. The van der Waals surface area contributed by atoms with Gasteiger partial charge in [0, 0.05) is 33.3 Å². The van der Waals surface area contributed by atoms with E-state index < -0.39 is 5.60 Å². The third-order valence-corrected chi connectivity index (χ3v) is 5.36. The van der Waals surface area contributed by atoms with Crippen molar-refractivity contribution in [2.45, 2.75) is 32.3 Å². The van der Waals surface area contributed by atoms with Crippen LogP contribution in [0.15, 0.2) is 0 Å². The van der Waals surface area contributed by atoms with E-state index in [1.54, 1.807) is 7.11 Å². The summed E-state index contributed by atoms with van der Waals surface area (Å²) in [6, 6.07) is 0. The third-order valence-electron chi connectivity index (χ3n) is 5.36. The van der Waals surface area contributed by atoms with Gasteiger partial charge < -0.3 is 19.9 Å². The van der Waals surface area contributed by atoms with Crippen LogP contribution in [0.1, 0.15) is 26.7 Å². The molecule has 0 atom stereocenters. The average molecular weight is 340 g/mol. The lowest BCUT2D eigenvalue weighted by Crippen LogP contribution is -2.60. The SMILES string of the molecule is CCN(CC)CC(=O)N1CCN(C(=O)C2(OC)CCNCC2)CC1. The number of piperazine rings is 1. The van der Waals surface area contributed by atoms with Gasteiger partial charge in [0.25, 0.3) is 5.91 Å².